The summed E-state index contributed by atoms with van der Waals surface area (Å²) in [5.41, 5.74) is 1.93. The number of benzene rings is 1. The second-order valence-corrected chi connectivity index (χ2v) is 5.34. The smallest absolute Gasteiger partial charge is 0.222 e. The Bertz CT molecular complexity index is 508. The number of ketones is 1. The van der Waals surface area contributed by atoms with Crippen LogP contribution in [0.15, 0.2) is 18.2 Å². The molecular formula is C16H21NO3. The molecule has 0 spiro atoms. The van der Waals surface area contributed by atoms with Gasteiger partial charge >= 0.3 is 0 Å². The maximum atomic E-state index is 11.7. The topological polar surface area (TPSA) is 46.6 Å². The van der Waals surface area contributed by atoms with Crippen molar-refractivity contribution in [2.75, 3.05) is 20.7 Å². The van der Waals surface area contributed by atoms with Crippen molar-refractivity contribution in [1.82, 2.24) is 4.90 Å². The van der Waals surface area contributed by atoms with Crippen molar-refractivity contribution in [3.8, 4) is 5.75 Å². The number of carbonyl (C=O) groups is 2. The first-order chi connectivity index (χ1) is 9.58. The highest BCUT2D eigenvalue weighted by molar-refractivity contribution is 5.98. The van der Waals surface area contributed by atoms with Crippen LogP contribution < -0.4 is 4.74 Å². The van der Waals surface area contributed by atoms with Crippen LogP contribution in [0.25, 0.3) is 0 Å². The number of hydrogen-bond acceptors (Lipinski definition) is 3. The zero-order valence-corrected chi connectivity index (χ0v) is 12.1. The van der Waals surface area contributed by atoms with Crippen molar-refractivity contribution in [2.45, 2.75) is 32.1 Å². The van der Waals surface area contributed by atoms with Crippen LogP contribution in [0.2, 0.25) is 0 Å². The number of carbonyl (C=O) groups excluding carboxylic acids is 2. The fourth-order valence-corrected chi connectivity index (χ4v) is 2.35. The third kappa shape index (κ3) is 3.59. The molecule has 108 valence electrons. The molecule has 0 saturated carbocycles. The van der Waals surface area contributed by atoms with Gasteiger partial charge in [-0.25, -0.2) is 0 Å². The van der Waals surface area contributed by atoms with Gasteiger partial charge in [0, 0.05) is 32.5 Å². The summed E-state index contributed by atoms with van der Waals surface area (Å²) in [5.74, 6) is 1.13. The molecule has 1 aliphatic rings. The van der Waals surface area contributed by atoms with Gasteiger partial charge in [0.05, 0.1) is 6.61 Å². The van der Waals surface area contributed by atoms with Crippen LogP contribution in [0.1, 0.15) is 41.6 Å². The number of ether oxygens (including phenoxy) is 1. The lowest BCUT2D eigenvalue weighted by Crippen LogP contribution is -2.21. The van der Waals surface area contributed by atoms with Crippen LogP contribution in [-0.4, -0.2) is 37.3 Å². The van der Waals surface area contributed by atoms with E-state index in [0.29, 0.717) is 25.9 Å². The van der Waals surface area contributed by atoms with E-state index < -0.39 is 0 Å². The molecule has 1 aromatic carbocycles. The Kier molecular flexibility index (Phi) is 4.77. The van der Waals surface area contributed by atoms with Gasteiger partial charge in [-0.2, -0.15) is 0 Å². The first-order valence-corrected chi connectivity index (χ1v) is 7.07. The van der Waals surface area contributed by atoms with Crippen molar-refractivity contribution in [3.63, 3.8) is 0 Å². The van der Waals surface area contributed by atoms with Crippen LogP contribution in [0.4, 0.5) is 0 Å². The molecule has 0 saturated heterocycles. The van der Waals surface area contributed by atoms with Crippen LogP contribution >= 0.6 is 0 Å². The molecule has 2 rings (SSSR count). The summed E-state index contributed by atoms with van der Waals surface area (Å²) < 4.78 is 5.66. The number of amides is 1. The average molecular weight is 275 g/mol. The minimum Gasteiger partial charge on any atom is -0.494 e. The standard InChI is InChI=1S/C16H21NO3/c1-17(2)16(19)7-4-10-20-13-8-9-14-12(11-13)5-3-6-15(14)18/h8-9,11H,3-7,10H2,1-2H3. The van der Waals surface area contributed by atoms with E-state index in [1.807, 2.05) is 18.2 Å². The summed E-state index contributed by atoms with van der Waals surface area (Å²) >= 11 is 0. The van der Waals surface area contributed by atoms with Gasteiger partial charge in [0.2, 0.25) is 5.91 Å². The van der Waals surface area contributed by atoms with Gasteiger partial charge in [-0.15, -0.1) is 0 Å². The molecule has 0 fully saturated rings. The molecule has 0 N–H and O–H groups in total. The van der Waals surface area contributed by atoms with Gasteiger partial charge in [0.1, 0.15) is 5.75 Å². The summed E-state index contributed by atoms with van der Waals surface area (Å²) in [5, 5.41) is 0. The third-order valence-corrected chi connectivity index (χ3v) is 3.53. The number of aryl methyl sites for hydroxylation is 1. The highest BCUT2D eigenvalue weighted by atomic mass is 16.5. The molecule has 1 amide bonds. The van der Waals surface area contributed by atoms with Gasteiger partial charge < -0.3 is 9.64 Å². The minimum absolute atomic E-state index is 0.115. The Morgan fingerprint density at radius 2 is 2.10 bits per heavy atom. The Labute approximate surface area is 119 Å². The molecule has 4 heteroatoms. The van der Waals surface area contributed by atoms with E-state index in [1.54, 1.807) is 19.0 Å². The molecule has 0 unspecified atom stereocenters. The van der Waals surface area contributed by atoms with E-state index in [4.69, 9.17) is 4.74 Å². The zero-order chi connectivity index (χ0) is 14.5. The zero-order valence-electron chi connectivity index (χ0n) is 12.1. The molecule has 4 nitrogen and oxygen atoms in total. The number of nitrogens with zero attached hydrogens (tertiary/aromatic N) is 1. The van der Waals surface area contributed by atoms with E-state index in [9.17, 15) is 9.59 Å². The van der Waals surface area contributed by atoms with Crippen molar-refractivity contribution in [3.05, 3.63) is 29.3 Å². The first kappa shape index (κ1) is 14.6. The van der Waals surface area contributed by atoms with E-state index >= 15 is 0 Å². The summed E-state index contributed by atoms with van der Waals surface area (Å²) in [6, 6.07) is 5.66. The van der Waals surface area contributed by atoms with Gasteiger partial charge in [-0.05, 0) is 43.0 Å². The Morgan fingerprint density at radius 1 is 1.30 bits per heavy atom. The van der Waals surface area contributed by atoms with Crippen LogP contribution in [0.3, 0.4) is 0 Å². The predicted molar refractivity (Wildman–Crippen MR) is 77.1 cm³/mol. The highest BCUT2D eigenvalue weighted by Gasteiger charge is 2.17. The molecule has 1 aromatic rings. The summed E-state index contributed by atoms with van der Waals surface area (Å²) in [4.78, 5) is 24.7. The summed E-state index contributed by atoms with van der Waals surface area (Å²) in [6.45, 7) is 0.520. The van der Waals surface area contributed by atoms with Crippen molar-refractivity contribution in [2.24, 2.45) is 0 Å². The normalized spacial score (nSPS) is 13.8. The van der Waals surface area contributed by atoms with Crippen molar-refractivity contribution < 1.29 is 14.3 Å². The van der Waals surface area contributed by atoms with Crippen LogP contribution in [0, 0.1) is 0 Å². The van der Waals surface area contributed by atoms with E-state index in [-0.39, 0.29) is 11.7 Å². The van der Waals surface area contributed by atoms with Crippen LogP contribution in [-0.2, 0) is 11.2 Å². The monoisotopic (exact) mass is 275 g/mol. The lowest BCUT2D eigenvalue weighted by molar-refractivity contribution is -0.128. The van der Waals surface area contributed by atoms with Crippen molar-refractivity contribution in [1.29, 1.82) is 0 Å². The largest absolute Gasteiger partial charge is 0.494 e. The lowest BCUT2D eigenvalue weighted by Gasteiger charge is -2.16. The number of hydrogen-bond donors (Lipinski definition) is 0. The lowest BCUT2D eigenvalue weighted by atomic mass is 9.90. The number of fused-ring (bicyclic) bond motifs is 1. The van der Waals surface area contributed by atoms with Gasteiger partial charge in [-0.3, -0.25) is 9.59 Å². The molecule has 0 aromatic heterocycles. The molecule has 1 aliphatic carbocycles. The first-order valence-electron chi connectivity index (χ1n) is 7.07. The second kappa shape index (κ2) is 6.55. The molecule has 0 heterocycles. The quantitative estimate of drug-likeness (QED) is 0.775. The maximum absolute atomic E-state index is 11.7. The average Bonchev–Trinajstić information content (AvgIpc) is 2.43. The fourth-order valence-electron chi connectivity index (χ4n) is 2.35. The molecule has 0 bridgehead atoms. The maximum Gasteiger partial charge on any atom is 0.222 e. The Balaban J connectivity index is 1.85. The molecule has 20 heavy (non-hydrogen) atoms. The van der Waals surface area contributed by atoms with E-state index in [2.05, 4.69) is 0 Å². The minimum atomic E-state index is 0.115. The second-order valence-electron chi connectivity index (χ2n) is 5.34. The predicted octanol–water partition coefficient (Wildman–Crippen LogP) is 2.45. The highest BCUT2D eigenvalue weighted by Crippen LogP contribution is 2.25. The third-order valence-electron chi connectivity index (χ3n) is 3.53. The SMILES string of the molecule is CN(C)C(=O)CCCOc1ccc2c(c1)CCCC2=O. The summed E-state index contributed by atoms with van der Waals surface area (Å²) in [7, 11) is 3.51. The van der Waals surface area contributed by atoms with Gasteiger partial charge in [0.25, 0.3) is 0 Å². The molecule has 0 aliphatic heterocycles. The number of rotatable bonds is 5. The summed E-state index contributed by atoms with van der Waals surface area (Å²) in [6.07, 6.45) is 3.72. The van der Waals surface area contributed by atoms with Gasteiger partial charge in [0.15, 0.2) is 5.78 Å². The molecule has 0 radical (unpaired) electrons. The van der Waals surface area contributed by atoms with Crippen LogP contribution in [0.5, 0.6) is 5.75 Å². The van der Waals surface area contributed by atoms with E-state index in [1.165, 1.54) is 0 Å². The Morgan fingerprint density at radius 3 is 2.85 bits per heavy atom. The van der Waals surface area contributed by atoms with E-state index in [0.717, 1.165) is 29.7 Å². The Hall–Kier alpha value is -1.84. The van der Waals surface area contributed by atoms with Gasteiger partial charge in [-0.1, -0.05) is 0 Å². The number of Topliss-reactive ketones (excluding diaryl/α,β-unsaturated/α-hetero) is 1. The molecule has 0 atom stereocenters. The molecular weight excluding hydrogens is 254 g/mol. The fraction of sp³-hybridized carbons (Fsp3) is 0.500. The van der Waals surface area contributed by atoms with Crippen molar-refractivity contribution >= 4 is 11.7 Å².